The maximum atomic E-state index is 12.3. The first-order valence-electron chi connectivity index (χ1n) is 9.66. The highest BCUT2D eigenvalue weighted by molar-refractivity contribution is 9.10. The summed E-state index contributed by atoms with van der Waals surface area (Å²) in [6, 6.07) is 16.6. The van der Waals surface area contributed by atoms with Gasteiger partial charge in [-0.3, -0.25) is 4.79 Å². The van der Waals surface area contributed by atoms with Gasteiger partial charge in [0.25, 0.3) is 0 Å². The van der Waals surface area contributed by atoms with Gasteiger partial charge >= 0.3 is 0 Å². The number of carbonyl (C=O) groups excluding carboxylic acids is 1. The van der Waals surface area contributed by atoms with Gasteiger partial charge in [-0.25, -0.2) is 0 Å². The highest BCUT2D eigenvalue weighted by Gasteiger charge is 2.30. The summed E-state index contributed by atoms with van der Waals surface area (Å²) in [6.45, 7) is 2.64. The van der Waals surface area contributed by atoms with Crippen molar-refractivity contribution >= 4 is 33.6 Å². The number of quaternary nitrogens is 1. The third-order valence-corrected chi connectivity index (χ3v) is 5.73. The first kappa shape index (κ1) is 23.6. The number of amides is 1. The summed E-state index contributed by atoms with van der Waals surface area (Å²) in [5, 5.41) is 2.97. The van der Waals surface area contributed by atoms with Gasteiger partial charge in [-0.1, -0.05) is 40.2 Å². The zero-order valence-electron chi connectivity index (χ0n) is 16.9. The van der Waals surface area contributed by atoms with E-state index in [9.17, 15) is 4.79 Å². The lowest BCUT2D eigenvalue weighted by atomic mass is 10.0. The van der Waals surface area contributed by atoms with Crippen molar-refractivity contribution in [2.75, 3.05) is 32.6 Å². The molecule has 4 nitrogen and oxygen atoms in total. The van der Waals surface area contributed by atoms with Gasteiger partial charge in [0, 0.05) is 34.6 Å². The van der Waals surface area contributed by atoms with Gasteiger partial charge in [-0.2, -0.15) is 0 Å². The van der Waals surface area contributed by atoms with Gasteiger partial charge < -0.3 is 26.9 Å². The smallest absolute Gasteiger partial charge is 0.248 e. The predicted octanol–water partition coefficient (Wildman–Crippen LogP) is 1.86. The molecule has 1 aliphatic heterocycles. The molecule has 1 aliphatic rings. The minimum atomic E-state index is -0.129. The molecular formula is C23H28BrClN2O2. The van der Waals surface area contributed by atoms with Crippen LogP contribution < -0.4 is 17.7 Å². The average Bonchev–Trinajstić information content (AvgIpc) is 2.67. The maximum absolute atomic E-state index is 12.3. The fourth-order valence-corrected chi connectivity index (χ4v) is 4.11. The largest absolute Gasteiger partial charge is 1.00 e. The quantitative estimate of drug-likeness (QED) is 0.507. The molecule has 0 unspecified atom stereocenters. The molecule has 3 rings (SSSR count). The van der Waals surface area contributed by atoms with Crippen LogP contribution in [-0.2, 0) is 16.1 Å². The Kier molecular flexibility index (Phi) is 8.90. The van der Waals surface area contributed by atoms with E-state index in [1.165, 1.54) is 5.56 Å². The van der Waals surface area contributed by atoms with Crippen LogP contribution in [0.15, 0.2) is 59.1 Å². The Hall–Kier alpha value is -1.66. The van der Waals surface area contributed by atoms with Crippen molar-refractivity contribution in [3.8, 4) is 0 Å². The number of hydrogen-bond donors (Lipinski definition) is 1. The maximum Gasteiger partial charge on any atom is 0.248 e. The van der Waals surface area contributed by atoms with Crippen molar-refractivity contribution in [3.05, 3.63) is 70.2 Å². The van der Waals surface area contributed by atoms with E-state index in [0.29, 0.717) is 6.04 Å². The molecule has 0 saturated carbocycles. The number of nitrogens with zero attached hydrogens (tertiary/aromatic N) is 1. The van der Waals surface area contributed by atoms with E-state index in [-0.39, 0.29) is 18.3 Å². The Labute approximate surface area is 188 Å². The summed E-state index contributed by atoms with van der Waals surface area (Å²) < 4.78 is 7.43. The highest BCUT2D eigenvalue weighted by Crippen LogP contribution is 2.23. The van der Waals surface area contributed by atoms with E-state index in [1.807, 2.05) is 42.5 Å². The normalized spacial score (nSPS) is 15.1. The van der Waals surface area contributed by atoms with Crippen LogP contribution in [0, 0.1) is 0 Å². The summed E-state index contributed by atoms with van der Waals surface area (Å²) in [6.07, 6.45) is 5.58. The molecule has 0 aliphatic carbocycles. The summed E-state index contributed by atoms with van der Waals surface area (Å²) in [4.78, 5) is 12.3. The van der Waals surface area contributed by atoms with Crippen molar-refractivity contribution in [1.82, 2.24) is 0 Å². The predicted molar refractivity (Wildman–Crippen MR) is 118 cm³/mol. The van der Waals surface area contributed by atoms with Gasteiger partial charge in [0.15, 0.2) is 0 Å². The Morgan fingerprint density at radius 1 is 1.17 bits per heavy atom. The topological polar surface area (TPSA) is 38.3 Å². The molecule has 1 saturated heterocycles. The lowest BCUT2D eigenvalue weighted by Crippen LogP contribution is -3.00. The first-order valence-corrected chi connectivity index (χ1v) is 10.5. The van der Waals surface area contributed by atoms with Crippen LogP contribution >= 0.6 is 15.9 Å². The number of benzene rings is 2. The Morgan fingerprint density at radius 3 is 2.62 bits per heavy atom. The van der Waals surface area contributed by atoms with Gasteiger partial charge in [0.1, 0.15) is 6.54 Å². The van der Waals surface area contributed by atoms with E-state index < -0.39 is 0 Å². The van der Waals surface area contributed by atoms with E-state index >= 15 is 0 Å². The van der Waals surface area contributed by atoms with Gasteiger partial charge in [-0.15, -0.1) is 0 Å². The van der Waals surface area contributed by atoms with E-state index in [1.54, 1.807) is 6.08 Å². The molecule has 2 aromatic carbocycles. The van der Waals surface area contributed by atoms with Crippen molar-refractivity contribution in [2.45, 2.75) is 25.4 Å². The Morgan fingerprint density at radius 2 is 1.90 bits per heavy atom. The van der Waals surface area contributed by atoms with Crippen LogP contribution in [-0.4, -0.2) is 43.7 Å². The van der Waals surface area contributed by atoms with E-state index in [4.69, 9.17) is 4.74 Å². The molecule has 0 aromatic heterocycles. The third kappa shape index (κ3) is 7.27. The number of carbonyl (C=O) groups is 1. The number of nitrogens with one attached hydrogen (secondary N) is 1. The summed E-state index contributed by atoms with van der Waals surface area (Å²) in [7, 11) is 4.56. The molecule has 0 bridgehead atoms. The van der Waals surface area contributed by atoms with Crippen LogP contribution in [0.2, 0.25) is 0 Å². The molecule has 1 amide bonds. The van der Waals surface area contributed by atoms with Gasteiger partial charge in [0.2, 0.25) is 5.91 Å². The Balaban J connectivity index is 0.00000300. The fourth-order valence-electron chi connectivity index (χ4n) is 3.70. The van der Waals surface area contributed by atoms with E-state index in [2.05, 4.69) is 47.5 Å². The second-order valence-corrected chi connectivity index (χ2v) is 8.77. The minimum absolute atomic E-state index is 0. The highest BCUT2D eigenvalue weighted by atomic mass is 79.9. The van der Waals surface area contributed by atoms with Crippen LogP contribution in [0.25, 0.3) is 6.08 Å². The number of anilines is 1. The molecule has 2 aromatic rings. The number of ether oxygens (including phenoxy) is 1. The second-order valence-electron chi connectivity index (χ2n) is 7.86. The van der Waals surface area contributed by atoms with Gasteiger partial charge in [0.05, 0.1) is 33.4 Å². The average molecular weight is 480 g/mol. The Bertz CT molecular complexity index is 848. The lowest BCUT2D eigenvalue weighted by molar-refractivity contribution is -0.929. The molecule has 0 atom stereocenters. The molecule has 156 valence electrons. The zero-order chi connectivity index (χ0) is 20.0. The van der Waals surface area contributed by atoms with Crippen LogP contribution in [0.3, 0.4) is 0 Å². The monoisotopic (exact) mass is 478 g/mol. The molecule has 6 heteroatoms. The third-order valence-electron chi connectivity index (χ3n) is 5.24. The molecule has 1 N–H and O–H groups in total. The summed E-state index contributed by atoms with van der Waals surface area (Å²) >= 11 is 3.44. The molecular weight excluding hydrogens is 452 g/mol. The van der Waals surface area contributed by atoms with Crippen LogP contribution in [0.4, 0.5) is 5.69 Å². The SMILES string of the molecule is C[N+](C)(Cc1cccc(NC(=O)C=Cc2cccc(Br)c2)c1)C1CCOCC1.[Cl-]. The number of rotatable bonds is 6. The molecule has 1 heterocycles. The number of halogens is 2. The zero-order valence-corrected chi connectivity index (χ0v) is 19.2. The first-order chi connectivity index (χ1) is 13.4. The van der Waals surface area contributed by atoms with Crippen molar-refractivity contribution in [3.63, 3.8) is 0 Å². The van der Waals surface area contributed by atoms with E-state index in [0.717, 1.165) is 52.8 Å². The lowest BCUT2D eigenvalue weighted by Gasteiger charge is -2.40. The van der Waals surface area contributed by atoms with Crippen molar-refractivity contribution < 1.29 is 26.4 Å². The molecule has 29 heavy (non-hydrogen) atoms. The van der Waals surface area contributed by atoms with Gasteiger partial charge in [-0.05, 0) is 35.9 Å². The number of hydrogen-bond acceptors (Lipinski definition) is 2. The van der Waals surface area contributed by atoms with Crippen molar-refractivity contribution in [1.29, 1.82) is 0 Å². The molecule has 0 radical (unpaired) electrons. The van der Waals surface area contributed by atoms with Crippen LogP contribution in [0.1, 0.15) is 24.0 Å². The summed E-state index contributed by atoms with van der Waals surface area (Å²) in [5.41, 5.74) is 3.03. The summed E-state index contributed by atoms with van der Waals surface area (Å²) in [5.74, 6) is -0.129. The molecule has 0 spiro atoms. The van der Waals surface area contributed by atoms with Crippen molar-refractivity contribution in [2.24, 2.45) is 0 Å². The molecule has 1 fully saturated rings. The fraction of sp³-hybridized carbons (Fsp3) is 0.348. The van der Waals surface area contributed by atoms with Crippen LogP contribution in [0.5, 0.6) is 0 Å². The minimum Gasteiger partial charge on any atom is -1.00 e. The second kappa shape index (κ2) is 10.9. The standard InChI is InChI=1S/C23H27BrN2O2.ClH/c1-26(2,22-11-13-28-14-12-22)17-19-6-4-8-21(16-19)25-23(27)10-9-18-5-3-7-20(24)15-18;/h3-10,15-16,22H,11-14,17H2,1-2H3;1H.